The van der Waals surface area contributed by atoms with Gasteiger partial charge in [0.25, 0.3) is 0 Å². The van der Waals surface area contributed by atoms with Gasteiger partial charge in [0.05, 0.1) is 23.8 Å². The number of aromatic carboxylic acids is 1. The van der Waals surface area contributed by atoms with Crippen molar-refractivity contribution in [1.29, 1.82) is 0 Å². The molecule has 1 aromatic heterocycles. The molecule has 2 saturated carbocycles. The van der Waals surface area contributed by atoms with Gasteiger partial charge in [-0.05, 0) is 74.8 Å². The van der Waals surface area contributed by atoms with Crippen LogP contribution in [-0.2, 0) is 11.3 Å². The number of carboxylic acids is 1. The van der Waals surface area contributed by atoms with E-state index >= 15 is 0 Å². The van der Waals surface area contributed by atoms with Crippen molar-refractivity contribution >= 4 is 22.8 Å². The Kier molecular flexibility index (Phi) is 6.01. The lowest BCUT2D eigenvalue weighted by Gasteiger charge is -2.39. The smallest absolute Gasteiger partial charge is 0.335 e. The molecule has 2 aromatic carbocycles. The number of hydrogen-bond acceptors (Lipinski definition) is 4. The Balaban J connectivity index is 1.35. The third-order valence-corrected chi connectivity index (χ3v) is 11.4. The molecule has 3 aliphatic heterocycles. The summed E-state index contributed by atoms with van der Waals surface area (Å²) in [5.74, 6) is 1.30. The third kappa shape index (κ3) is 3.74. The van der Waals surface area contributed by atoms with Crippen LogP contribution in [0.1, 0.15) is 84.7 Å². The molecule has 5 aliphatic rings. The van der Waals surface area contributed by atoms with E-state index in [9.17, 15) is 14.7 Å². The fourth-order valence-corrected chi connectivity index (χ4v) is 9.43. The minimum atomic E-state index is -0.915. The van der Waals surface area contributed by atoms with E-state index in [1.807, 2.05) is 12.1 Å². The summed E-state index contributed by atoms with van der Waals surface area (Å²) in [5, 5.41) is 11.1. The lowest BCUT2D eigenvalue weighted by molar-refractivity contribution is -0.142. The van der Waals surface area contributed by atoms with Gasteiger partial charge in [-0.2, -0.15) is 0 Å². The summed E-state index contributed by atoms with van der Waals surface area (Å²) in [4.78, 5) is 31.7. The van der Waals surface area contributed by atoms with Crippen molar-refractivity contribution in [3.8, 4) is 17.0 Å². The molecule has 7 heteroatoms. The minimum absolute atomic E-state index is 0.0903. The highest BCUT2D eigenvalue weighted by molar-refractivity contribution is 6.00. The Hall–Kier alpha value is -3.32. The molecule has 0 bridgehead atoms. The van der Waals surface area contributed by atoms with E-state index in [1.165, 1.54) is 42.5 Å². The van der Waals surface area contributed by atoms with Crippen molar-refractivity contribution in [3.63, 3.8) is 0 Å². The number of rotatable bonds is 4. The van der Waals surface area contributed by atoms with Crippen molar-refractivity contribution < 1.29 is 19.4 Å². The molecule has 1 amide bonds. The second kappa shape index (κ2) is 9.60. The number of likely N-dealkylation sites (tertiary alicyclic amines) is 2. The SMILES string of the molecule is COc1cccc2c1C1CC1(C(=O)N1CCCC3CN(C)CC31)Cn1c-2c(C2CCCCC2)c2ccc(C(=O)O)cc21. The molecule has 220 valence electrons. The Bertz CT molecular complexity index is 1600. The molecule has 8 rings (SSSR count). The summed E-state index contributed by atoms with van der Waals surface area (Å²) in [6.07, 6.45) is 9.05. The summed E-state index contributed by atoms with van der Waals surface area (Å²) in [6.45, 7) is 3.43. The van der Waals surface area contributed by atoms with Gasteiger partial charge in [-0.15, -0.1) is 0 Å². The van der Waals surface area contributed by atoms with Crippen LogP contribution in [0, 0.1) is 11.3 Å². The predicted octanol–water partition coefficient (Wildman–Crippen LogP) is 6.10. The highest BCUT2D eigenvalue weighted by Gasteiger charge is 2.65. The molecule has 4 unspecified atom stereocenters. The highest BCUT2D eigenvalue weighted by Crippen LogP contribution is 2.67. The number of ether oxygens (including phenoxy) is 1. The van der Waals surface area contributed by atoms with Crippen LogP contribution in [-0.4, -0.2) is 71.2 Å². The average molecular weight is 568 g/mol. The molecule has 4 fully saturated rings. The number of likely N-dealkylation sites (N-methyl/N-ethyl adjacent to an activating group) is 1. The molecule has 0 spiro atoms. The third-order valence-electron chi connectivity index (χ3n) is 11.4. The summed E-state index contributed by atoms with van der Waals surface area (Å²) in [5.41, 5.74) is 5.57. The first kappa shape index (κ1) is 26.3. The van der Waals surface area contributed by atoms with Gasteiger partial charge in [-0.25, -0.2) is 4.79 Å². The summed E-state index contributed by atoms with van der Waals surface area (Å²) < 4.78 is 8.38. The van der Waals surface area contributed by atoms with E-state index in [0.29, 0.717) is 23.9 Å². The second-order valence-corrected chi connectivity index (χ2v) is 13.7. The van der Waals surface area contributed by atoms with E-state index in [-0.39, 0.29) is 17.9 Å². The monoisotopic (exact) mass is 567 g/mol. The number of carbonyl (C=O) groups excluding carboxylic acids is 1. The van der Waals surface area contributed by atoms with E-state index < -0.39 is 11.4 Å². The topological polar surface area (TPSA) is 75.0 Å². The standard InChI is InChI=1S/C35H41N3O4/c1-36-18-23-10-7-15-37(28(23)19-36)34(41)35-17-26(35)31-25(11-6-12-29(31)42-2)32-30(21-8-4-3-5-9-21)24-14-13-22(33(39)40)16-27(24)38(32)20-35/h6,11-14,16,21,23,26,28H,3-5,7-10,15,17-20H2,1-2H3,(H,39,40). The Labute approximate surface area is 247 Å². The molecular weight excluding hydrogens is 526 g/mol. The maximum Gasteiger partial charge on any atom is 0.335 e. The van der Waals surface area contributed by atoms with E-state index in [1.54, 1.807) is 13.2 Å². The molecular formula is C35H41N3O4. The highest BCUT2D eigenvalue weighted by atomic mass is 16.5. The van der Waals surface area contributed by atoms with Crippen LogP contribution in [0.25, 0.3) is 22.2 Å². The molecule has 42 heavy (non-hydrogen) atoms. The van der Waals surface area contributed by atoms with Crippen LogP contribution in [0.3, 0.4) is 0 Å². The summed E-state index contributed by atoms with van der Waals surface area (Å²) in [6, 6.07) is 12.3. The van der Waals surface area contributed by atoms with Crippen molar-refractivity contribution in [3.05, 3.63) is 53.1 Å². The Morgan fingerprint density at radius 3 is 2.62 bits per heavy atom. The first-order valence-corrected chi connectivity index (χ1v) is 16.0. The predicted molar refractivity (Wildman–Crippen MR) is 162 cm³/mol. The van der Waals surface area contributed by atoms with Crippen LogP contribution in [0.4, 0.5) is 0 Å². The zero-order valence-electron chi connectivity index (χ0n) is 24.8. The van der Waals surface area contributed by atoms with Gasteiger partial charge < -0.3 is 24.2 Å². The number of amides is 1. The lowest BCUT2D eigenvalue weighted by Crippen LogP contribution is -2.52. The number of nitrogens with zero attached hydrogens (tertiary/aromatic N) is 3. The van der Waals surface area contributed by atoms with Gasteiger partial charge in [0, 0.05) is 60.2 Å². The first-order chi connectivity index (χ1) is 20.4. The zero-order valence-corrected chi connectivity index (χ0v) is 24.8. The van der Waals surface area contributed by atoms with Crippen molar-refractivity contribution in [2.45, 2.75) is 75.8 Å². The van der Waals surface area contributed by atoms with Gasteiger partial charge in [0.15, 0.2) is 0 Å². The molecule has 2 saturated heterocycles. The maximum atomic E-state index is 14.9. The van der Waals surface area contributed by atoms with Crippen molar-refractivity contribution in [2.75, 3.05) is 33.8 Å². The number of hydrogen-bond donors (Lipinski definition) is 1. The van der Waals surface area contributed by atoms with E-state index in [2.05, 4.69) is 39.6 Å². The number of carbonyl (C=O) groups is 2. The van der Waals surface area contributed by atoms with Gasteiger partial charge in [-0.3, -0.25) is 4.79 Å². The Morgan fingerprint density at radius 2 is 1.83 bits per heavy atom. The zero-order chi connectivity index (χ0) is 28.7. The number of aromatic nitrogens is 1. The second-order valence-electron chi connectivity index (χ2n) is 13.7. The van der Waals surface area contributed by atoms with Crippen LogP contribution in [0.15, 0.2) is 36.4 Å². The van der Waals surface area contributed by atoms with Crippen LogP contribution >= 0.6 is 0 Å². The lowest BCUT2D eigenvalue weighted by atomic mass is 9.81. The molecule has 2 aliphatic carbocycles. The molecule has 4 heterocycles. The van der Waals surface area contributed by atoms with Gasteiger partial charge in [-0.1, -0.05) is 37.5 Å². The molecule has 7 nitrogen and oxygen atoms in total. The minimum Gasteiger partial charge on any atom is -0.496 e. The average Bonchev–Trinajstić information content (AvgIpc) is 3.50. The quantitative estimate of drug-likeness (QED) is 0.412. The van der Waals surface area contributed by atoms with Crippen molar-refractivity contribution in [2.24, 2.45) is 11.3 Å². The van der Waals surface area contributed by atoms with Gasteiger partial charge >= 0.3 is 5.97 Å². The number of carboxylic acid groups (broad SMARTS) is 1. The maximum absolute atomic E-state index is 14.9. The van der Waals surface area contributed by atoms with Gasteiger partial charge in [0.2, 0.25) is 5.91 Å². The fraction of sp³-hybridized carbons (Fsp3) is 0.543. The molecule has 4 atom stereocenters. The first-order valence-electron chi connectivity index (χ1n) is 16.0. The largest absolute Gasteiger partial charge is 0.496 e. The van der Waals surface area contributed by atoms with E-state index in [0.717, 1.165) is 67.5 Å². The fourth-order valence-electron chi connectivity index (χ4n) is 9.43. The molecule has 0 radical (unpaired) electrons. The van der Waals surface area contributed by atoms with Crippen molar-refractivity contribution in [1.82, 2.24) is 14.4 Å². The van der Waals surface area contributed by atoms with E-state index in [4.69, 9.17) is 4.74 Å². The normalized spacial score (nSPS) is 28.9. The summed E-state index contributed by atoms with van der Waals surface area (Å²) in [7, 11) is 3.92. The Morgan fingerprint density at radius 1 is 1.00 bits per heavy atom. The number of piperidine rings is 1. The molecule has 1 N–H and O–H groups in total. The molecule has 3 aromatic rings. The number of methoxy groups -OCH3 is 1. The number of fused-ring (bicyclic) bond motifs is 8. The van der Waals surface area contributed by atoms with Crippen LogP contribution < -0.4 is 4.74 Å². The summed E-state index contributed by atoms with van der Waals surface area (Å²) >= 11 is 0. The van der Waals surface area contributed by atoms with Crippen LogP contribution in [0.5, 0.6) is 5.75 Å². The van der Waals surface area contributed by atoms with Gasteiger partial charge in [0.1, 0.15) is 5.75 Å². The number of benzene rings is 2. The van der Waals surface area contributed by atoms with Crippen LogP contribution in [0.2, 0.25) is 0 Å².